The number of hydrogen-bond donors (Lipinski definition) is 1. The minimum absolute atomic E-state index is 0.00184. The van der Waals surface area contributed by atoms with Crippen molar-refractivity contribution in [3.05, 3.63) is 53.6 Å². The van der Waals surface area contributed by atoms with Crippen LogP contribution in [0.1, 0.15) is 33.6 Å². The van der Waals surface area contributed by atoms with Crippen LogP contribution in [0.3, 0.4) is 0 Å². The number of likely N-dealkylation sites (tertiary alicyclic amines) is 1. The molecular weight excluding hydrogens is 438 g/mol. The molecule has 0 aromatic heterocycles. The van der Waals surface area contributed by atoms with E-state index in [-0.39, 0.29) is 35.0 Å². The van der Waals surface area contributed by atoms with E-state index in [1.165, 1.54) is 49.5 Å². The Bertz CT molecular complexity index is 1030. The van der Waals surface area contributed by atoms with Gasteiger partial charge in [-0.3, -0.25) is 9.59 Å². The Hall–Kier alpha value is -3.69. The quantitative estimate of drug-likeness (QED) is 0.633. The summed E-state index contributed by atoms with van der Waals surface area (Å²) in [6.45, 7) is -2.59. The molecule has 0 aliphatic carbocycles. The highest BCUT2D eigenvalue weighted by atomic mass is 19.3. The second kappa shape index (κ2) is 10.8. The van der Waals surface area contributed by atoms with E-state index in [9.17, 15) is 23.2 Å². The maximum absolute atomic E-state index is 13.0. The van der Waals surface area contributed by atoms with Gasteiger partial charge in [-0.1, -0.05) is 12.1 Å². The van der Waals surface area contributed by atoms with E-state index in [0.717, 1.165) is 0 Å². The number of anilines is 1. The second-order valence-electron chi connectivity index (χ2n) is 7.36. The molecule has 176 valence electrons. The number of para-hydroxylation sites is 1. The van der Waals surface area contributed by atoms with Crippen LogP contribution in [-0.4, -0.2) is 56.6 Å². The number of methoxy groups -OCH3 is 2. The maximum Gasteiger partial charge on any atom is 0.387 e. The zero-order valence-corrected chi connectivity index (χ0v) is 18.2. The van der Waals surface area contributed by atoms with Crippen molar-refractivity contribution < 1.29 is 37.4 Å². The number of esters is 1. The molecule has 1 fully saturated rings. The van der Waals surface area contributed by atoms with E-state index >= 15 is 0 Å². The molecule has 1 saturated heterocycles. The number of carbonyl (C=O) groups excluding carboxylic acids is 3. The third-order valence-corrected chi connectivity index (χ3v) is 5.30. The molecule has 2 aromatic carbocycles. The van der Waals surface area contributed by atoms with Gasteiger partial charge in [-0.2, -0.15) is 8.78 Å². The van der Waals surface area contributed by atoms with Crippen LogP contribution in [0, 0.1) is 5.92 Å². The summed E-state index contributed by atoms with van der Waals surface area (Å²) < 4.78 is 39.8. The number of benzene rings is 2. The van der Waals surface area contributed by atoms with Gasteiger partial charge in [0.2, 0.25) is 5.91 Å². The zero-order chi connectivity index (χ0) is 24.0. The third-order valence-electron chi connectivity index (χ3n) is 5.30. The van der Waals surface area contributed by atoms with Gasteiger partial charge in [0.1, 0.15) is 11.5 Å². The summed E-state index contributed by atoms with van der Waals surface area (Å²) in [6.07, 6.45) is 1.07. The first-order valence-corrected chi connectivity index (χ1v) is 10.2. The Morgan fingerprint density at radius 3 is 2.55 bits per heavy atom. The third kappa shape index (κ3) is 5.76. The molecule has 1 aliphatic rings. The molecule has 2 amide bonds. The fraction of sp³-hybridized carbons (Fsp3) is 0.348. The highest BCUT2D eigenvalue weighted by molar-refractivity contribution is 6.03. The minimum atomic E-state index is -3.06. The van der Waals surface area contributed by atoms with E-state index in [2.05, 4.69) is 10.1 Å². The van der Waals surface area contributed by atoms with Crippen molar-refractivity contribution in [2.45, 2.75) is 19.5 Å². The van der Waals surface area contributed by atoms with Crippen molar-refractivity contribution in [3.8, 4) is 11.5 Å². The average Bonchev–Trinajstić information content (AvgIpc) is 2.83. The molecule has 1 aliphatic heterocycles. The Kier molecular flexibility index (Phi) is 7.81. The van der Waals surface area contributed by atoms with Crippen LogP contribution in [0.15, 0.2) is 42.5 Å². The van der Waals surface area contributed by atoms with Crippen LogP contribution in [0.4, 0.5) is 14.5 Å². The first-order chi connectivity index (χ1) is 15.8. The smallest absolute Gasteiger partial charge is 0.387 e. The molecule has 0 bridgehead atoms. The molecule has 1 unspecified atom stereocenters. The van der Waals surface area contributed by atoms with Crippen molar-refractivity contribution in [2.75, 3.05) is 32.6 Å². The van der Waals surface area contributed by atoms with Gasteiger partial charge in [0, 0.05) is 13.1 Å². The summed E-state index contributed by atoms with van der Waals surface area (Å²) in [5, 5.41) is 2.73. The molecule has 1 N–H and O–H groups in total. The van der Waals surface area contributed by atoms with Crippen LogP contribution < -0.4 is 14.8 Å². The lowest BCUT2D eigenvalue weighted by atomic mass is 9.96. The number of alkyl halides is 2. The van der Waals surface area contributed by atoms with Gasteiger partial charge in [0.05, 0.1) is 37.0 Å². The molecular formula is C23H24F2N2O6. The number of piperidine rings is 1. The Balaban J connectivity index is 1.74. The van der Waals surface area contributed by atoms with Gasteiger partial charge in [-0.05, 0) is 43.2 Å². The number of ether oxygens (including phenoxy) is 3. The lowest BCUT2D eigenvalue weighted by Gasteiger charge is -2.32. The largest absolute Gasteiger partial charge is 0.497 e. The summed E-state index contributed by atoms with van der Waals surface area (Å²) in [5.41, 5.74) is 0.390. The van der Waals surface area contributed by atoms with Crippen LogP contribution in [-0.2, 0) is 9.53 Å². The number of nitrogens with one attached hydrogen (secondary N) is 1. The van der Waals surface area contributed by atoms with E-state index in [1.807, 2.05) is 0 Å². The van der Waals surface area contributed by atoms with Crippen molar-refractivity contribution >= 4 is 23.5 Å². The lowest BCUT2D eigenvalue weighted by Crippen LogP contribution is -2.44. The lowest BCUT2D eigenvalue weighted by molar-refractivity contribution is -0.121. The van der Waals surface area contributed by atoms with E-state index in [0.29, 0.717) is 25.1 Å². The first-order valence-electron chi connectivity index (χ1n) is 10.2. The Morgan fingerprint density at radius 1 is 1.09 bits per heavy atom. The SMILES string of the molecule is COC(=O)c1cc(OC)ccc1NC(=O)C1CCCN(C(=O)c2ccccc2OC(F)F)C1. The topological polar surface area (TPSA) is 94.2 Å². The molecule has 8 nitrogen and oxygen atoms in total. The fourth-order valence-electron chi connectivity index (χ4n) is 3.66. The monoisotopic (exact) mass is 462 g/mol. The normalized spacial score (nSPS) is 15.7. The van der Waals surface area contributed by atoms with Gasteiger partial charge in [0.15, 0.2) is 0 Å². The number of halogens is 2. The number of carbonyl (C=O) groups is 3. The standard InChI is InChI=1S/C23H24F2N2O6/c1-31-15-9-10-18(17(12-15)22(30)32-2)26-20(28)14-6-5-11-27(13-14)21(29)16-7-3-4-8-19(16)33-23(24)25/h3-4,7-10,12,14,23H,5-6,11,13H2,1-2H3,(H,26,28). The first kappa shape index (κ1) is 24.0. The van der Waals surface area contributed by atoms with Gasteiger partial charge >= 0.3 is 12.6 Å². The highest BCUT2D eigenvalue weighted by Crippen LogP contribution is 2.27. The average molecular weight is 462 g/mol. The zero-order valence-electron chi connectivity index (χ0n) is 18.2. The molecule has 2 aromatic rings. The van der Waals surface area contributed by atoms with Crippen molar-refractivity contribution in [1.29, 1.82) is 0 Å². The van der Waals surface area contributed by atoms with Crippen LogP contribution in [0.2, 0.25) is 0 Å². The van der Waals surface area contributed by atoms with Gasteiger partial charge in [-0.15, -0.1) is 0 Å². The Labute approximate surface area is 189 Å². The van der Waals surface area contributed by atoms with Crippen molar-refractivity contribution in [2.24, 2.45) is 5.92 Å². The van der Waals surface area contributed by atoms with Gasteiger partial charge < -0.3 is 24.4 Å². The molecule has 10 heteroatoms. The van der Waals surface area contributed by atoms with Crippen LogP contribution >= 0.6 is 0 Å². The van der Waals surface area contributed by atoms with Crippen LogP contribution in [0.5, 0.6) is 11.5 Å². The summed E-state index contributed by atoms with van der Waals surface area (Å²) in [5.74, 6) is -1.86. The second-order valence-corrected chi connectivity index (χ2v) is 7.36. The van der Waals surface area contributed by atoms with E-state index in [1.54, 1.807) is 12.1 Å². The van der Waals surface area contributed by atoms with Gasteiger partial charge in [0.25, 0.3) is 5.91 Å². The highest BCUT2D eigenvalue weighted by Gasteiger charge is 2.31. The van der Waals surface area contributed by atoms with Crippen molar-refractivity contribution in [3.63, 3.8) is 0 Å². The number of rotatable bonds is 7. The summed E-state index contributed by atoms with van der Waals surface area (Å²) in [6, 6.07) is 10.3. The minimum Gasteiger partial charge on any atom is -0.497 e. The molecule has 0 radical (unpaired) electrons. The summed E-state index contributed by atoms with van der Waals surface area (Å²) >= 11 is 0. The molecule has 33 heavy (non-hydrogen) atoms. The Morgan fingerprint density at radius 2 is 1.85 bits per heavy atom. The predicted octanol–water partition coefficient (Wildman–Crippen LogP) is 3.57. The van der Waals surface area contributed by atoms with Gasteiger partial charge in [-0.25, -0.2) is 4.79 Å². The molecule has 1 heterocycles. The number of hydrogen-bond acceptors (Lipinski definition) is 6. The molecule has 3 rings (SSSR count). The van der Waals surface area contributed by atoms with Crippen LogP contribution in [0.25, 0.3) is 0 Å². The summed E-state index contributed by atoms with van der Waals surface area (Å²) in [4.78, 5) is 39.5. The van der Waals surface area contributed by atoms with E-state index in [4.69, 9.17) is 9.47 Å². The fourth-order valence-corrected chi connectivity index (χ4v) is 3.66. The van der Waals surface area contributed by atoms with E-state index < -0.39 is 24.4 Å². The predicted molar refractivity (Wildman–Crippen MR) is 115 cm³/mol. The molecule has 0 saturated carbocycles. The molecule has 0 spiro atoms. The number of nitrogens with zero attached hydrogens (tertiary/aromatic N) is 1. The molecule has 1 atom stereocenters. The maximum atomic E-state index is 13.0. The summed E-state index contributed by atoms with van der Waals surface area (Å²) in [7, 11) is 2.68. The van der Waals surface area contributed by atoms with Crippen molar-refractivity contribution in [1.82, 2.24) is 4.90 Å². The number of amides is 2.